The molecule has 0 spiro atoms. The van der Waals surface area contributed by atoms with E-state index in [9.17, 15) is 4.79 Å². The molecule has 4 aliphatic carbocycles. The van der Waals surface area contributed by atoms with Crippen LogP contribution in [0.3, 0.4) is 0 Å². The third-order valence-electron chi connectivity index (χ3n) is 7.29. The van der Waals surface area contributed by atoms with Gasteiger partial charge in [0.2, 0.25) is 0 Å². The minimum Gasteiger partial charge on any atom is -0.456 e. The number of hydrogen-bond acceptors (Lipinski definition) is 4. The van der Waals surface area contributed by atoms with Gasteiger partial charge in [-0.1, -0.05) is 13.5 Å². The Bertz CT molecular complexity index is 557. The SMILES string of the molecule is C=C(C)C(=O)OC12CC3CC(C1)CC(OC(C)C1(CC)CCO1)(C3)C2. The van der Waals surface area contributed by atoms with E-state index in [1.165, 1.54) is 6.42 Å². The highest BCUT2D eigenvalue weighted by Crippen LogP contribution is 2.61. The molecule has 4 unspecified atom stereocenters. The molecular weight excluding hydrogens is 316 g/mol. The number of hydrogen-bond donors (Lipinski definition) is 0. The predicted octanol–water partition coefficient (Wildman–Crippen LogP) is 4.17. The molecule has 0 aromatic heterocycles. The summed E-state index contributed by atoms with van der Waals surface area (Å²) in [5.41, 5.74) is -0.0863. The molecule has 5 fully saturated rings. The third kappa shape index (κ3) is 2.86. The van der Waals surface area contributed by atoms with E-state index in [0.29, 0.717) is 17.4 Å². The van der Waals surface area contributed by atoms with Crippen molar-refractivity contribution < 1.29 is 19.0 Å². The van der Waals surface area contributed by atoms with Crippen molar-refractivity contribution in [2.24, 2.45) is 11.8 Å². The molecule has 0 amide bonds. The molecule has 1 saturated heterocycles. The molecule has 1 aliphatic heterocycles. The Kier molecular flexibility index (Phi) is 4.08. The highest BCUT2D eigenvalue weighted by atomic mass is 16.6. The van der Waals surface area contributed by atoms with Crippen molar-refractivity contribution >= 4 is 5.97 Å². The van der Waals surface area contributed by atoms with Gasteiger partial charge in [0.1, 0.15) is 5.60 Å². The Morgan fingerprint density at radius 3 is 2.32 bits per heavy atom. The van der Waals surface area contributed by atoms with Crippen molar-refractivity contribution in [3.8, 4) is 0 Å². The summed E-state index contributed by atoms with van der Waals surface area (Å²) in [6, 6.07) is 0. The van der Waals surface area contributed by atoms with Gasteiger partial charge in [-0.25, -0.2) is 4.79 Å². The zero-order valence-corrected chi connectivity index (χ0v) is 15.9. The Labute approximate surface area is 151 Å². The van der Waals surface area contributed by atoms with Crippen LogP contribution >= 0.6 is 0 Å². The van der Waals surface area contributed by atoms with E-state index in [1.54, 1.807) is 6.92 Å². The van der Waals surface area contributed by atoms with Crippen LogP contribution in [0.2, 0.25) is 0 Å². The fraction of sp³-hybridized carbons (Fsp3) is 0.857. The zero-order valence-electron chi connectivity index (χ0n) is 15.9. The van der Waals surface area contributed by atoms with E-state index in [0.717, 1.165) is 51.6 Å². The van der Waals surface area contributed by atoms with Gasteiger partial charge in [-0.05, 0) is 64.2 Å². The van der Waals surface area contributed by atoms with E-state index in [2.05, 4.69) is 20.4 Å². The van der Waals surface area contributed by atoms with Crippen LogP contribution in [-0.4, -0.2) is 35.5 Å². The molecule has 1 heterocycles. The van der Waals surface area contributed by atoms with Crippen LogP contribution < -0.4 is 0 Å². The van der Waals surface area contributed by atoms with Gasteiger partial charge >= 0.3 is 5.97 Å². The summed E-state index contributed by atoms with van der Waals surface area (Å²) in [5.74, 6) is 0.995. The molecule has 5 aliphatic rings. The normalized spacial score (nSPS) is 45.7. The fourth-order valence-corrected chi connectivity index (χ4v) is 6.37. The van der Waals surface area contributed by atoms with Gasteiger partial charge in [-0.15, -0.1) is 0 Å². The highest BCUT2D eigenvalue weighted by Gasteiger charge is 2.61. The second-order valence-corrected chi connectivity index (χ2v) is 9.27. The van der Waals surface area contributed by atoms with Crippen molar-refractivity contribution in [1.29, 1.82) is 0 Å². The van der Waals surface area contributed by atoms with Gasteiger partial charge < -0.3 is 14.2 Å². The molecule has 4 saturated carbocycles. The van der Waals surface area contributed by atoms with E-state index in [-0.39, 0.29) is 28.9 Å². The largest absolute Gasteiger partial charge is 0.456 e. The van der Waals surface area contributed by atoms with Gasteiger partial charge in [0, 0.05) is 18.4 Å². The standard InChI is InChI=1S/C21H32O4/c1-5-21(6-7-23-21)15(4)24-19-9-16-8-17(10-19)12-20(11-16,13-19)25-18(22)14(2)3/h15-17H,2,5-13H2,1,3-4H3. The molecule has 0 aromatic carbocycles. The molecule has 0 radical (unpaired) electrons. The third-order valence-corrected chi connectivity index (χ3v) is 7.29. The lowest BCUT2D eigenvalue weighted by Gasteiger charge is -2.62. The maximum absolute atomic E-state index is 12.2. The molecule has 5 rings (SSSR count). The number of carbonyl (C=O) groups is 1. The maximum Gasteiger partial charge on any atom is 0.333 e. The second kappa shape index (κ2) is 5.82. The van der Waals surface area contributed by atoms with Crippen molar-refractivity contribution in [2.75, 3.05) is 6.61 Å². The van der Waals surface area contributed by atoms with Crippen LogP contribution in [0.25, 0.3) is 0 Å². The minimum atomic E-state index is -0.334. The van der Waals surface area contributed by atoms with Gasteiger partial charge in [-0.3, -0.25) is 0 Å². The lowest BCUT2D eigenvalue weighted by atomic mass is 9.52. The lowest BCUT2D eigenvalue weighted by molar-refractivity contribution is -0.286. The summed E-state index contributed by atoms with van der Waals surface area (Å²) in [7, 11) is 0. The van der Waals surface area contributed by atoms with E-state index < -0.39 is 0 Å². The molecule has 0 aromatic rings. The van der Waals surface area contributed by atoms with Gasteiger partial charge in [0.25, 0.3) is 0 Å². The van der Waals surface area contributed by atoms with Crippen molar-refractivity contribution in [3.63, 3.8) is 0 Å². The number of rotatable bonds is 6. The van der Waals surface area contributed by atoms with Gasteiger partial charge in [0.15, 0.2) is 0 Å². The monoisotopic (exact) mass is 348 g/mol. The first kappa shape index (κ1) is 17.5. The molecule has 4 bridgehead atoms. The summed E-state index contributed by atoms with van der Waals surface area (Å²) >= 11 is 0. The Hall–Kier alpha value is -0.870. The van der Waals surface area contributed by atoms with Crippen LogP contribution in [0.15, 0.2) is 12.2 Å². The summed E-state index contributed by atoms with van der Waals surface area (Å²) in [6.07, 6.45) is 8.50. The number of ether oxygens (including phenoxy) is 3. The highest BCUT2D eigenvalue weighted by molar-refractivity contribution is 5.87. The lowest BCUT2D eigenvalue weighted by Crippen LogP contribution is -2.64. The van der Waals surface area contributed by atoms with Crippen molar-refractivity contribution in [1.82, 2.24) is 0 Å². The van der Waals surface area contributed by atoms with Crippen LogP contribution in [0.5, 0.6) is 0 Å². The molecule has 0 N–H and O–H groups in total. The van der Waals surface area contributed by atoms with Crippen LogP contribution in [0, 0.1) is 11.8 Å². The average molecular weight is 348 g/mol. The van der Waals surface area contributed by atoms with E-state index in [1.807, 2.05) is 0 Å². The number of carbonyl (C=O) groups excluding carboxylic acids is 1. The van der Waals surface area contributed by atoms with Crippen molar-refractivity contribution in [3.05, 3.63) is 12.2 Å². The Morgan fingerprint density at radius 2 is 1.84 bits per heavy atom. The smallest absolute Gasteiger partial charge is 0.333 e. The van der Waals surface area contributed by atoms with E-state index in [4.69, 9.17) is 14.2 Å². The van der Waals surface area contributed by atoms with Gasteiger partial charge in [-0.2, -0.15) is 0 Å². The summed E-state index contributed by atoms with van der Waals surface area (Å²) in [4.78, 5) is 12.2. The van der Waals surface area contributed by atoms with Crippen LogP contribution in [0.4, 0.5) is 0 Å². The zero-order chi connectivity index (χ0) is 17.9. The summed E-state index contributed by atoms with van der Waals surface area (Å²) < 4.78 is 18.7. The van der Waals surface area contributed by atoms with Crippen molar-refractivity contribution in [2.45, 2.75) is 95.0 Å². The molecule has 25 heavy (non-hydrogen) atoms. The molecule has 4 atom stereocenters. The van der Waals surface area contributed by atoms with E-state index >= 15 is 0 Å². The quantitative estimate of drug-likeness (QED) is 0.534. The Balaban J connectivity index is 1.54. The van der Waals surface area contributed by atoms with Crippen LogP contribution in [-0.2, 0) is 19.0 Å². The van der Waals surface area contributed by atoms with Gasteiger partial charge in [0.05, 0.1) is 23.9 Å². The maximum atomic E-state index is 12.2. The number of esters is 1. The Morgan fingerprint density at radius 1 is 1.24 bits per heavy atom. The minimum absolute atomic E-state index is 0.0939. The predicted molar refractivity (Wildman–Crippen MR) is 95.2 cm³/mol. The second-order valence-electron chi connectivity index (χ2n) is 9.27. The summed E-state index contributed by atoms with van der Waals surface area (Å²) in [6.45, 7) is 10.7. The summed E-state index contributed by atoms with van der Waals surface area (Å²) in [5, 5.41) is 0. The topological polar surface area (TPSA) is 44.8 Å². The molecule has 4 nitrogen and oxygen atoms in total. The fourth-order valence-electron chi connectivity index (χ4n) is 6.37. The molecule has 4 heteroatoms. The molecular formula is C21H32O4. The first-order valence-corrected chi connectivity index (χ1v) is 10.00. The molecule has 140 valence electrons. The first-order chi connectivity index (χ1) is 11.8. The van der Waals surface area contributed by atoms with Crippen LogP contribution in [0.1, 0.15) is 72.1 Å². The average Bonchev–Trinajstić information content (AvgIpc) is 2.43. The first-order valence-electron chi connectivity index (χ1n) is 10.00.